The SMILES string of the molecule is C[NH+](CC(=O)N[C@@H](c1ccc(F)cc1)c1cccs1)CC(=O)N1CCOCC1. The number of quaternary nitrogens is 1. The van der Waals surface area contributed by atoms with Crippen LogP contribution in [0.2, 0.25) is 0 Å². The first kappa shape index (κ1) is 20.4. The Morgan fingerprint density at radius 2 is 1.93 bits per heavy atom. The molecule has 0 saturated carbocycles. The minimum Gasteiger partial charge on any atom is -0.378 e. The number of benzene rings is 1. The smallest absolute Gasteiger partial charge is 0.277 e. The lowest BCUT2D eigenvalue weighted by molar-refractivity contribution is -0.863. The number of ether oxygens (including phenoxy) is 1. The van der Waals surface area contributed by atoms with Crippen molar-refractivity contribution >= 4 is 23.2 Å². The molecule has 2 N–H and O–H groups in total. The third-order valence-corrected chi connectivity index (χ3v) is 5.55. The number of carbonyl (C=O) groups excluding carboxylic acids is 2. The fourth-order valence-corrected chi connectivity index (χ4v) is 3.96. The van der Waals surface area contributed by atoms with E-state index in [0.29, 0.717) is 26.3 Å². The zero-order valence-corrected chi connectivity index (χ0v) is 16.6. The summed E-state index contributed by atoms with van der Waals surface area (Å²) in [6.07, 6.45) is 0. The van der Waals surface area contributed by atoms with Crippen molar-refractivity contribution in [2.75, 3.05) is 46.4 Å². The number of halogens is 1. The molecule has 1 fully saturated rings. The molecular weight excluding hydrogens is 381 g/mol. The second kappa shape index (κ2) is 9.77. The summed E-state index contributed by atoms with van der Waals surface area (Å²) in [6, 6.07) is 9.66. The van der Waals surface area contributed by atoms with Gasteiger partial charge in [-0.2, -0.15) is 0 Å². The van der Waals surface area contributed by atoms with Gasteiger partial charge in [0, 0.05) is 18.0 Å². The Balaban J connectivity index is 1.58. The number of rotatable bonds is 7. The fraction of sp³-hybridized carbons (Fsp3) is 0.400. The van der Waals surface area contributed by atoms with E-state index in [4.69, 9.17) is 4.74 Å². The monoisotopic (exact) mass is 406 g/mol. The van der Waals surface area contributed by atoms with Gasteiger partial charge in [0.2, 0.25) is 0 Å². The number of amides is 2. The molecule has 0 radical (unpaired) electrons. The average Bonchev–Trinajstić information content (AvgIpc) is 3.22. The molecule has 1 aliphatic rings. The van der Waals surface area contributed by atoms with Gasteiger partial charge in [0.1, 0.15) is 5.82 Å². The van der Waals surface area contributed by atoms with Gasteiger partial charge in [-0.25, -0.2) is 4.39 Å². The predicted molar refractivity (Wildman–Crippen MR) is 105 cm³/mol. The van der Waals surface area contributed by atoms with Crippen molar-refractivity contribution in [3.8, 4) is 0 Å². The maximum Gasteiger partial charge on any atom is 0.277 e. The summed E-state index contributed by atoms with van der Waals surface area (Å²) >= 11 is 1.53. The molecule has 0 spiro atoms. The summed E-state index contributed by atoms with van der Waals surface area (Å²) in [7, 11) is 1.83. The molecule has 1 saturated heterocycles. The zero-order valence-electron chi connectivity index (χ0n) is 15.8. The molecule has 1 aromatic heterocycles. The second-order valence-electron chi connectivity index (χ2n) is 6.87. The number of likely N-dealkylation sites (N-methyl/N-ethyl adjacent to an activating group) is 1. The van der Waals surface area contributed by atoms with Crippen LogP contribution >= 0.6 is 11.3 Å². The third kappa shape index (κ3) is 5.60. The van der Waals surface area contributed by atoms with Crippen LogP contribution in [0.15, 0.2) is 41.8 Å². The molecule has 0 aliphatic carbocycles. The summed E-state index contributed by atoms with van der Waals surface area (Å²) in [6.45, 7) is 2.76. The van der Waals surface area contributed by atoms with Gasteiger partial charge in [0.05, 0.1) is 26.3 Å². The van der Waals surface area contributed by atoms with Crippen molar-refractivity contribution < 1.29 is 23.6 Å². The Labute approximate surface area is 167 Å². The Morgan fingerprint density at radius 3 is 2.57 bits per heavy atom. The molecule has 1 unspecified atom stereocenters. The van der Waals surface area contributed by atoms with Crippen LogP contribution in [0.3, 0.4) is 0 Å². The van der Waals surface area contributed by atoms with Gasteiger partial charge in [0.15, 0.2) is 13.1 Å². The highest BCUT2D eigenvalue weighted by molar-refractivity contribution is 7.10. The molecule has 2 heterocycles. The van der Waals surface area contributed by atoms with Gasteiger partial charge >= 0.3 is 0 Å². The third-order valence-electron chi connectivity index (χ3n) is 4.62. The van der Waals surface area contributed by atoms with Gasteiger partial charge in [0.25, 0.3) is 11.8 Å². The largest absolute Gasteiger partial charge is 0.378 e. The minimum absolute atomic E-state index is 0.0296. The lowest BCUT2D eigenvalue weighted by Crippen LogP contribution is -3.11. The number of carbonyl (C=O) groups is 2. The molecule has 2 atom stereocenters. The number of morpholine rings is 1. The van der Waals surface area contributed by atoms with Crippen LogP contribution in [0, 0.1) is 5.82 Å². The Kier molecular flexibility index (Phi) is 7.13. The van der Waals surface area contributed by atoms with Crippen molar-refractivity contribution in [2.45, 2.75) is 6.04 Å². The van der Waals surface area contributed by atoms with Crippen LogP contribution in [0.25, 0.3) is 0 Å². The Hall–Kier alpha value is -2.29. The predicted octanol–water partition coefficient (Wildman–Crippen LogP) is 0.466. The number of thiophene rings is 1. The van der Waals surface area contributed by atoms with Crippen LogP contribution < -0.4 is 10.2 Å². The van der Waals surface area contributed by atoms with Crippen LogP contribution in [0.5, 0.6) is 0 Å². The van der Waals surface area contributed by atoms with Gasteiger partial charge < -0.3 is 19.9 Å². The number of hydrogen-bond acceptors (Lipinski definition) is 4. The van der Waals surface area contributed by atoms with Crippen molar-refractivity contribution in [3.63, 3.8) is 0 Å². The average molecular weight is 407 g/mol. The maximum absolute atomic E-state index is 13.3. The fourth-order valence-electron chi connectivity index (χ4n) is 3.16. The Bertz CT molecular complexity index is 777. The van der Waals surface area contributed by atoms with Gasteiger partial charge in [-0.15, -0.1) is 11.3 Å². The van der Waals surface area contributed by atoms with Crippen molar-refractivity contribution in [3.05, 3.63) is 58.0 Å². The second-order valence-corrected chi connectivity index (χ2v) is 7.85. The van der Waals surface area contributed by atoms with E-state index in [-0.39, 0.29) is 36.8 Å². The molecule has 3 rings (SSSR count). The zero-order chi connectivity index (χ0) is 19.9. The maximum atomic E-state index is 13.3. The van der Waals surface area contributed by atoms with E-state index in [1.165, 1.54) is 23.5 Å². The summed E-state index contributed by atoms with van der Waals surface area (Å²) in [5.74, 6) is -0.442. The molecule has 6 nitrogen and oxygen atoms in total. The van der Waals surface area contributed by atoms with Crippen LogP contribution in [-0.4, -0.2) is 63.2 Å². The van der Waals surface area contributed by atoms with E-state index in [9.17, 15) is 14.0 Å². The molecule has 28 heavy (non-hydrogen) atoms. The lowest BCUT2D eigenvalue weighted by atomic mass is 10.1. The normalized spacial score (nSPS) is 16.4. The van der Waals surface area contributed by atoms with Gasteiger partial charge in [-0.1, -0.05) is 18.2 Å². The van der Waals surface area contributed by atoms with Crippen molar-refractivity contribution in [2.24, 2.45) is 0 Å². The molecular formula is C20H25FN3O3S+. The first-order valence-corrected chi connectivity index (χ1v) is 10.2. The molecule has 0 bridgehead atoms. The topological polar surface area (TPSA) is 63.1 Å². The molecule has 2 aromatic rings. The highest BCUT2D eigenvalue weighted by Gasteiger charge is 2.23. The molecule has 150 valence electrons. The molecule has 2 amide bonds. The highest BCUT2D eigenvalue weighted by atomic mass is 32.1. The van der Waals surface area contributed by atoms with Crippen molar-refractivity contribution in [1.29, 1.82) is 0 Å². The first-order chi connectivity index (χ1) is 13.5. The van der Waals surface area contributed by atoms with Gasteiger partial charge in [-0.3, -0.25) is 9.59 Å². The van der Waals surface area contributed by atoms with Crippen molar-refractivity contribution in [1.82, 2.24) is 10.2 Å². The quantitative estimate of drug-likeness (QED) is 0.703. The highest BCUT2D eigenvalue weighted by Crippen LogP contribution is 2.26. The number of nitrogens with one attached hydrogen (secondary N) is 2. The molecule has 1 aromatic carbocycles. The number of hydrogen-bond donors (Lipinski definition) is 2. The van der Waals surface area contributed by atoms with Crippen LogP contribution in [0.4, 0.5) is 4.39 Å². The molecule has 1 aliphatic heterocycles. The molecule has 8 heteroatoms. The first-order valence-electron chi connectivity index (χ1n) is 9.28. The van der Waals surface area contributed by atoms with E-state index in [0.717, 1.165) is 15.3 Å². The minimum atomic E-state index is -0.337. The van der Waals surface area contributed by atoms with E-state index in [2.05, 4.69) is 5.32 Å². The standard InChI is InChI=1S/C20H24FN3O3S/c1-23(14-19(26)24-8-10-27-11-9-24)13-18(25)22-20(17-3-2-12-28-17)15-4-6-16(21)7-5-15/h2-7,12,20H,8-11,13-14H2,1H3,(H,22,25)/p+1/t20-/m0/s1. The summed E-state index contributed by atoms with van der Waals surface area (Å²) in [5, 5.41) is 4.96. The summed E-state index contributed by atoms with van der Waals surface area (Å²) < 4.78 is 18.5. The van der Waals surface area contributed by atoms with Crippen LogP contribution in [0.1, 0.15) is 16.5 Å². The van der Waals surface area contributed by atoms with Crippen LogP contribution in [-0.2, 0) is 14.3 Å². The van der Waals surface area contributed by atoms with E-state index < -0.39 is 0 Å². The van der Waals surface area contributed by atoms with E-state index in [1.54, 1.807) is 17.0 Å². The van der Waals surface area contributed by atoms with E-state index >= 15 is 0 Å². The summed E-state index contributed by atoms with van der Waals surface area (Å²) in [4.78, 5) is 28.5. The van der Waals surface area contributed by atoms with Gasteiger partial charge in [-0.05, 0) is 29.1 Å². The number of nitrogens with zero attached hydrogens (tertiary/aromatic N) is 1. The Morgan fingerprint density at radius 1 is 1.21 bits per heavy atom. The summed E-state index contributed by atoms with van der Waals surface area (Å²) in [5.41, 5.74) is 0.819. The lowest BCUT2D eigenvalue weighted by Gasteiger charge is -2.27. The van der Waals surface area contributed by atoms with E-state index in [1.807, 2.05) is 24.6 Å².